The van der Waals surface area contributed by atoms with Gasteiger partial charge in [-0.15, -0.1) is 0 Å². The molecule has 1 fully saturated rings. The summed E-state index contributed by atoms with van der Waals surface area (Å²) < 4.78 is 33.9. The Balaban J connectivity index is 2.86. The number of rotatable bonds is 3. The molecule has 0 heterocycles. The highest BCUT2D eigenvalue weighted by Gasteiger charge is 2.41. The number of primary sulfonamides is 1. The fraction of sp³-hybridized carbons (Fsp3) is 1.00. The van der Waals surface area contributed by atoms with E-state index in [1.54, 1.807) is 0 Å². The maximum atomic E-state index is 12.2. The molecule has 0 spiro atoms. The lowest BCUT2D eigenvalue weighted by molar-refractivity contribution is 0.319. The lowest BCUT2D eigenvalue weighted by Crippen LogP contribution is -2.45. The van der Waals surface area contributed by atoms with Crippen LogP contribution in [0.25, 0.3) is 0 Å². The molecule has 1 rings (SSSR count). The molecule has 0 aromatic rings. The number of nitrogens with two attached hydrogens (primary N) is 1. The lowest BCUT2D eigenvalue weighted by atomic mass is 9.86. The van der Waals surface area contributed by atoms with Crippen molar-refractivity contribution in [3.8, 4) is 0 Å². The minimum absolute atomic E-state index is 0.0613. The number of halogens is 1. The van der Waals surface area contributed by atoms with Gasteiger partial charge in [-0.1, -0.05) is 19.3 Å². The van der Waals surface area contributed by atoms with Gasteiger partial charge < -0.3 is 0 Å². The fourth-order valence-electron chi connectivity index (χ4n) is 2.05. The normalized spacial score (nSPS) is 22.9. The smallest absolute Gasteiger partial charge is 0.214 e. The van der Waals surface area contributed by atoms with Crippen LogP contribution in [0.4, 0.5) is 4.39 Å². The summed E-state index contributed by atoms with van der Waals surface area (Å²) in [6, 6.07) is 0. The second-order valence-corrected chi connectivity index (χ2v) is 5.68. The highest BCUT2D eigenvalue weighted by Crippen LogP contribution is 2.36. The molecule has 2 N–H and O–H groups in total. The van der Waals surface area contributed by atoms with Gasteiger partial charge in [-0.2, -0.15) is 0 Å². The maximum absolute atomic E-state index is 12.2. The van der Waals surface area contributed by atoms with Crippen LogP contribution in [0.15, 0.2) is 0 Å². The molecule has 0 bridgehead atoms. The summed E-state index contributed by atoms with van der Waals surface area (Å²) in [6.45, 7) is -0.601. The largest absolute Gasteiger partial charge is 0.251 e. The molecule has 1 aliphatic rings. The van der Waals surface area contributed by atoms with E-state index in [0.717, 1.165) is 19.3 Å². The standard InChI is InChI=1S/C8H16FNO2S/c9-7-6-8(13(10,11)12)4-2-1-3-5-8/h1-7H2,(H2,10,11,12). The predicted octanol–water partition coefficient (Wildman–Crippen LogP) is 1.34. The van der Waals surface area contributed by atoms with Gasteiger partial charge in [0, 0.05) is 0 Å². The van der Waals surface area contributed by atoms with Crippen molar-refractivity contribution >= 4 is 10.0 Å². The van der Waals surface area contributed by atoms with E-state index in [2.05, 4.69) is 0 Å². The van der Waals surface area contributed by atoms with Gasteiger partial charge in [0.05, 0.1) is 11.4 Å². The molecule has 0 aromatic heterocycles. The highest BCUT2D eigenvalue weighted by atomic mass is 32.2. The second-order valence-electron chi connectivity index (χ2n) is 3.73. The van der Waals surface area contributed by atoms with E-state index in [4.69, 9.17) is 5.14 Å². The van der Waals surface area contributed by atoms with Crippen molar-refractivity contribution < 1.29 is 12.8 Å². The third-order valence-electron chi connectivity index (χ3n) is 2.92. The van der Waals surface area contributed by atoms with E-state index in [1.165, 1.54) is 0 Å². The van der Waals surface area contributed by atoms with Crippen LogP contribution in [-0.2, 0) is 10.0 Å². The van der Waals surface area contributed by atoms with Crippen molar-refractivity contribution in [2.45, 2.75) is 43.3 Å². The van der Waals surface area contributed by atoms with Crippen molar-refractivity contribution in [2.24, 2.45) is 5.14 Å². The topological polar surface area (TPSA) is 60.2 Å². The fourth-order valence-corrected chi connectivity index (χ4v) is 3.26. The zero-order valence-electron chi connectivity index (χ0n) is 7.63. The first-order valence-electron chi connectivity index (χ1n) is 4.60. The average Bonchev–Trinajstić information content (AvgIpc) is 2.04. The van der Waals surface area contributed by atoms with Crippen molar-refractivity contribution in [1.82, 2.24) is 0 Å². The predicted molar refractivity (Wildman–Crippen MR) is 49.5 cm³/mol. The molecule has 0 aliphatic heterocycles. The molecule has 78 valence electrons. The Morgan fingerprint density at radius 3 is 2.15 bits per heavy atom. The van der Waals surface area contributed by atoms with E-state index in [9.17, 15) is 12.8 Å². The Morgan fingerprint density at radius 1 is 1.23 bits per heavy atom. The van der Waals surface area contributed by atoms with Crippen LogP contribution < -0.4 is 5.14 Å². The Kier molecular flexibility index (Phi) is 3.29. The third kappa shape index (κ3) is 2.20. The van der Waals surface area contributed by atoms with Crippen molar-refractivity contribution in [2.75, 3.05) is 6.67 Å². The molecular formula is C8H16FNO2S. The van der Waals surface area contributed by atoms with Crippen LogP contribution in [0.1, 0.15) is 38.5 Å². The SMILES string of the molecule is NS(=O)(=O)C1(CCF)CCCCC1. The minimum Gasteiger partial charge on any atom is -0.251 e. The van der Waals surface area contributed by atoms with Crippen molar-refractivity contribution in [3.05, 3.63) is 0 Å². The molecule has 0 atom stereocenters. The molecule has 0 unspecified atom stereocenters. The number of hydrogen-bond acceptors (Lipinski definition) is 2. The van der Waals surface area contributed by atoms with Crippen LogP contribution in [-0.4, -0.2) is 19.8 Å². The van der Waals surface area contributed by atoms with Crippen LogP contribution in [0, 0.1) is 0 Å². The second kappa shape index (κ2) is 3.92. The molecule has 5 heteroatoms. The Hall–Kier alpha value is -0.160. The maximum Gasteiger partial charge on any atom is 0.214 e. The van der Waals surface area contributed by atoms with Crippen LogP contribution >= 0.6 is 0 Å². The third-order valence-corrected chi connectivity index (χ3v) is 4.74. The van der Waals surface area contributed by atoms with Gasteiger partial charge in [0.1, 0.15) is 0 Å². The average molecular weight is 209 g/mol. The van der Waals surface area contributed by atoms with Gasteiger partial charge in [-0.05, 0) is 19.3 Å². The van der Waals surface area contributed by atoms with E-state index in [0.29, 0.717) is 12.8 Å². The van der Waals surface area contributed by atoms with Crippen LogP contribution in [0.3, 0.4) is 0 Å². The van der Waals surface area contributed by atoms with Gasteiger partial charge in [-0.3, -0.25) is 4.39 Å². The summed E-state index contributed by atoms with van der Waals surface area (Å²) in [6.07, 6.45) is 3.83. The van der Waals surface area contributed by atoms with E-state index < -0.39 is 21.4 Å². The molecule has 3 nitrogen and oxygen atoms in total. The van der Waals surface area contributed by atoms with Crippen molar-refractivity contribution in [3.63, 3.8) is 0 Å². The Bertz CT molecular complexity index is 252. The summed E-state index contributed by atoms with van der Waals surface area (Å²) in [5, 5.41) is 5.14. The number of alkyl halides is 1. The van der Waals surface area contributed by atoms with Gasteiger partial charge >= 0.3 is 0 Å². The molecule has 13 heavy (non-hydrogen) atoms. The summed E-state index contributed by atoms with van der Waals surface area (Å²) in [5.74, 6) is 0. The molecule has 0 radical (unpaired) electrons. The molecule has 1 aliphatic carbocycles. The van der Waals surface area contributed by atoms with Gasteiger partial charge in [0.25, 0.3) is 0 Å². The summed E-state index contributed by atoms with van der Waals surface area (Å²) >= 11 is 0. The molecule has 0 amide bonds. The molecule has 0 saturated heterocycles. The molecule has 1 saturated carbocycles. The zero-order valence-corrected chi connectivity index (χ0v) is 8.45. The van der Waals surface area contributed by atoms with Crippen LogP contribution in [0.2, 0.25) is 0 Å². The van der Waals surface area contributed by atoms with Gasteiger partial charge in [-0.25, -0.2) is 13.6 Å². The van der Waals surface area contributed by atoms with Crippen molar-refractivity contribution in [1.29, 1.82) is 0 Å². The highest BCUT2D eigenvalue weighted by molar-refractivity contribution is 7.90. The summed E-state index contributed by atoms with van der Waals surface area (Å²) in [5.41, 5.74) is 0. The number of sulfonamides is 1. The first kappa shape index (κ1) is 10.9. The van der Waals surface area contributed by atoms with E-state index in [1.807, 2.05) is 0 Å². The summed E-state index contributed by atoms with van der Waals surface area (Å²) in [7, 11) is -3.59. The van der Waals surface area contributed by atoms with Gasteiger partial charge in [0.2, 0.25) is 10.0 Å². The van der Waals surface area contributed by atoms with E-state index >= 15 is 0 Å². The lowest BCUT2D eigenvalue weighted by Gasteiger charge is -2.34. The minimum atomic E-state index is -3.59. The summed E-state index contributed by atoms with van der Waals surface area (Å²) in [4.78, 5) is 0. The molecular weight excluding hydrogens is 193 g/mol. The van der Waals surface area contributed by atoms with Crippen LogP contribution in [0.5, 0.6) is 0 Å². The van der Waals surface area contributed by atoms with Gasteiger partial charge in [0.15, 0.2) is 0 Å². The Morgan fingerprint density at radius 2 is 1.77 bits per heavy atom. The quantitative estimate of drug-likeness (QED) is 0.762. The monoisotopic (exact) mass is 209 g/mol. The van der Waals surface area contributed by atoms with E-state index in [-0.39, 0.29) is 6.42 Å². The Labute approximate surface area is 78.6 Å². The first-order chi connectivity index (χ1) is 6.02. The number of hydrogen-bond donors (Lipinski definition) is 1. The molecule has 0 aromatic carbocycles. The zero-order chi connectivity index (χ0) is 9.95. The first-order valence-corrected chi connectivity index (χ1v) is 6.15.